The number of carbonyl (C=O) groups is 1. The first-order valence-electron chi connectivity index (χ1n) is 6.13. The average Bonchev–Trinajstić information content (AvgIpc) is 2.63. The fourth-order valence-electron chi connectivity index (χ4n) is 2.02. The number of nitrogens with zero attached hydrogens (tertiary/aromatic N) is 1. The van der Waals surface area contributed by atoms with Crippen molar-refractivity contribution in [1.82, 2.24) is 0 Å². The molecule has 0 bridgehead atoms. The number of ketones is 1. The van der Waals surface area contributed by atoms with Crippen LogP contribution in [0.15, 0.2) is 30.0 Å². The zero-order valence-corrected chi connectivity index (χ0v) is 10.7. The number of allylic oxidation sites excluding steroid dienone is 3. The third kappa shape index (κ3) is 4.55. The summed E-state index contributed by atoms with van der Waals surface area (Å²) in [6.45, 7) is 7.31. The molecule has 3 nitrogen and oxygen atoms in total. The van der Waals surface area contributed by atoms with E-state index in [1.54, 1.807) is 13.0 Å². The maximum atomic E-state index is 10.7. The molecule has 0 N–H and O–H groups in total. The molecule has 0 aliphatic carbocycles. The number of hydrogen-bond acceptors (Lipinski definition) is 3. The molecule has 0 amide bonds. The average molecular weight is 235 g/mol. The van der Waals surface area contributed by atoms with E-state index in [4.69, 9.17) is 4.84 Å². The van der Waals surface area contributed by atoms with Gasteiger partial charge < -0.3 is 4.84 Å². The van der Waals surface area contributed by atoms with Crippen molar-refractivity contribution < 1.29 is 9.63 Å². The molecule has 0 fully saturated rings. The molecule has 1 aliphatic rings. The topological polar surface area (TPSA) is 38.7 Å². The van der Waals surface area contributed by atoms with Gasteiger partial charge in [0.25, 0.3) is 0 Å². The molecule has 17 heavy (non-hydrogen) atoms. The Morgan fingerprint density at radius 2 is 2.24 bits per heavy atom. The van der Waals surface area contributed by atoms with Crippen LogP contribution in [0.4, 0.5) is 0 Å². The monoisotopic (exact) mass is 235 g/mol. The van der Waals surface area contributed by atoms with Gasteiger partial charge in [0, 0.05) is 5.92 Å². The molecule has 0 saturated carbocycles. The van der Waals surface area contributed by atoms with E-state index in [9.17, 15) is 4.79 Å². The molecule has 1 heterocycles. The van der Waals surface area contributed by atoms with Gasteiger partial charge in [-0.2, -0.15) is 0 Å². The largest absolute Gasteiger partial charge is 0.392 e. The predicted molar refractivity (Wildman–Crippen MR) is 70.0 cm³/mol. The molecule has 0 unspecified atom stereocenters. The van der Waals surface area contributed by atoms with Crippen molar-refractivity contribution in [2.24, 2.45) is 11.1 Å². The van der Waals surface area contributed by atoms with Crippen LogP contribution in [0.3, 0.4) is 0 Å². The molecule has 0 aromatic heterocycles. The summed E-state index contributed by atoms with van der Waals surface area (Å²) < 4.78 is 0. The Kier molecular flexibility index (Phi) is 5.67. The zero-order valence-electron chi connectivity index (χ0n) is 10.7. The third-order valence-electron chi connectivity index (χ3n) is 2.97. The molecular formula is C14H21NO2. The number of carbonyl (C=O) groups excluding carboxylic acids is 1. The second kappa shape index (κ2) is 7.05. The third-order valence-corrected chi connectivity index (χ3v) is 2.97. The Bertz CT molecular complexity index is 331. The van der Waals surface area contributed by atoms with Gasteiger partial charge in [0.2, 0.25) is 0 Å². The van der Waals surface area contributed by atoms with Crippen molar-refractivity contribution in [2.45, 2.75) is 45.6 Å². The van der Waals surface area contributed by atoms with E-state index in [1.165, 1.54) is 0 Å². The van der Waals surface area contributed by atoms with Crippen LogP contribution < -0.4 is 0 Å². The van der Waals surface area contributed by atoms with E-state index < -0.39 is 0 Å². The molecule has 1 rings (SSSR count). The van der Waals surface area contributed by atoms with Crippen molar-refractivity contribution in [1.29, 1.82) is 0 Å². The normalized spacial score (nSPS) is 23.5. The summed E-state index contributed by atoms with van der Waals surface area (Å²) in [6.07, 6.45) is 9.40. The van der Waals surface area contributed by atoms with E-state index >= 15 is 0 Å². The van der Waals surface area contributed by atoms with Crippen LogP contribution in [0.2, 0.25) is 0 Å². The molecular weight excluding hydrogens is 214 g/mol. The van der Waals surface area contributed by atoms with E-state index in [2.05, 4.69) is 11.7 Å². The van der Waals surface area contributed by atoms with Gasteiger partial charge in [0.1, 0.15) is 6.10 Å². The van der Waals surface area contributed by atoms with Gasteiger partial charge in [-0.1, -0.05) is 17.3 Å². The first-order chi connectivity index (χ1) is 8.15. The lowest BCUT2D eigenvalue weighted by atomic mass is 9.90. The van der Waals surface area contributed by atoms with E-state index in [1.807, 2.05) is 19.1 Å². The fourth-order valence-corrected chi connectivity index (χ4v) is 2.02. The highest BCUT2D eigenvalue weighted by molar-refractivity contribution is 5.87. The van der Waals surface area contributed by atoms with Gasteiger partial charge in [0.05, 0.1) is 5.71 Å². The van der Waals surface area contributed by atoms with Crippen molar-refractivity contribution in [2.75, 3.05) is 0 Å². The minimum Gasteiger partial charge on any atom is -0.392 e. The maximum Gasteiger partial charge on any atom is 0.152 e. The van der Waals surface area contributed by atoms with E-state index in [0.717, 1.165) is 31.4 Å². The Morgan fingerprint density at radius 1 is 1.47 bits per heavy atom. The van der Waals surface area contributed by atoms with Crippen molar-refractivity contribution in [3.05, 3.63) is 24.8 Å². The van der Waals surface area contributed by atoms with Crippen LogP contribution in [0, 0.1) is 5.92 Å². The summed E-state index contributed by atoms with van der Waals surface area (Å²) in [5.74, 6) is 0.492. The van der Waals surface area contributed by atoms with Crippen LogP contribution >= 0.6 is 0 Å². The summed E-state index contributed by atoms with van der Waals surface area (Å²) in [5.41, 5.74) is 1.08. The second-order valence-corrected chi connectivity index (χ2v) is 4.44. The van der Waals surface area contributed by atoms with Gasteiger partial charge in [-0.05, 0) is 45.6 Å². The van der Waals surface area contributed by atoms with Gasteiger partial charge >= 0.3 is 0 Å². The molecule has 0 aromatic carbocycles. The van der Waals surface area contributed by atoms with Gasteiger partial charge in [0.15, 0.2) is 5.78 Å². The molecule has 0 aromatic rings. The molecule has 0 radical (unpaired) electrons. The molecule has 0 saturated heterocycles. The lowest BCUT2D eigenvalue weighted by molar-refractivity contribution is -0.112. The number of hydrogen-bond donors (Lipinski definition) is 0. The fraction of sp³-hybridized carbons (Fsp3) is 0.571. The minimum absolute atomic E-state index is 0.0907. The van der Waals surface area contributed by atoms with E-state index in [0.29, 0.717) is 5.92 Å². The summed E-state index contributed by atoms with van der Waals surface area (Å²) in [4.78, 5) is 16.2. The van der Waals surface area contributed by atoms with Crippen molar-refractivity contribution >= 4 is 11.5 Å². The Hall–Kier alpha value is -1.38. The van der Waals surface area contributed by atoms with Gasteiger partial charge in [-0.25, -0.2) is 0 Å². The summed E-state index contributed by atoms with van der Waals surface area (Å²) in [7, 11) is 0. The Balaban J connectivity index is 2.37. The maximum absolute atomic E-state index is 10.7. The van der Waals surface area contributed by atoms with Crippen LogP contribution in [0.5, 0.6) is 0 Å². The summed E-state index contributed by atoms with van der Waals surface area (Å²) >= 11 is 0. The summed E-state index contributed by atoms with van der Waals surface area (Å²) in [5, 5.41) is 4.06. The smallest absolute Gasteiger partial charge is 0.152 e. The molecule has 1 aliphatic heterocycles. The highest BCUT2D eigenvalue weighted by Gasteiger charge is 2.29. The minimum atomic E-state index is 0.0907. The Labute approximate surface area is 103 Å². The first-order valence-corrected chi connectivity index (χ1v) is 6.13. The summed E-state index contributed by atoms with van der Waals surface area (Å²) in [6, 6.07) is 0. The lowest BCUT2D eigenvalue weighted by Crippen LogP contribution is -2.21. The zero-order chi connectivity index (χ0) is 12.7. The van der Waals surface area contributed by atoms with Crippen LogP contribution in [-0.2, 0) is 9.63 Å². The molecule has 94 valence electrons. The first kappa shape index (κ1) is 13.7. The number of oxime groups is 1. The molecule has 0 spiro atoms. The Morgan fingerprint density at radius 3 is 2.88 bits per heavy atom. The van der Waals surface area contributed by atoms with Crippen molar-refractivity contribution in [3.8, 4) is 0 Å². The lowest BCUT2D eigenvalue weighted by Gasteiger charge is -2.16. The highest BCUT2D eigenvalue weighted by atomic mass is 16.6. The second-order valence-electron chi connectivity index (χ2n) is 4.44. The predicted octanol–water partition coefficient (Wildman–Crippen LogP) is 3.27. The standard InChI is InChI=1S/C14H21NO2/c1-4-5-9-13-12(3)15-17-14(13)10-7-6-8-11(2)16/h4,6,8,13-14H,1,5,7,9-10H2,2-3H3/b8-6+/t13-,14-/m0/s1. The van der Waals surface area contributed by atoms with Crippen LogP contribution in [-0.4, -0.2) is 17.6 Å². The van der Waals surface area contributed by atoms with Gasteiger partial charge in [-0.3, -0.25) is 4.79 Å². The van der Waals surface area contributed by atoms with Crippen LogP contribution in [0.1, 0.15) is 39.5 Å². The van der Waals surface area contributed by atoms with Crippen molar-refractivity contribution in [3.63, 3.8) is 0 Å². The van der Waals surface area contributed by atoms with Crippen LogP contribution in [0.25, 0.3) is 0 Å². The number of rotatable bonds is 7. The van der Waals surface area contributed by atoms with E-state index in [-0.39, 0.29) is 11.9 Å². The molecule has 3 heteroatoms. The van der Waals surface area contributed by atoms with Gasteiger partial charge in [-0.15, -0.1) is 6.58 Å². The quantitative estimate of drug-likeness (QED) is 0.502. The SMILES string of the molecule is C=CCC[C@H]1C(C)=NO[C@H]1CC/C=C/C(C)=O. The highest BCUT2D eigenvalue weighted by Crippen LogP contribution is 2.26. The molecule has 2 atom stereocenters.